The number of aromatic carboxylic acids is 1. The topological polar surface area (TPSA) is 54.4 Å². The zero-order valence-corrected chi connectivity index (χ0v) is 15.2. The molecule has 0 radical (unpaired) electrons. The van der Waals surface area contributed by atoms with Crippen molar-refractivity contribution in [2.75, 3.05) is 0 Å². The molecule has 3 aromatic carbocycles. The number of rotatable bonds is 4. The summed E-state index contributed by atoms with van der Waals surface area (Å²) in [7, 11) is 0. The molecular formula is C24H22O3. The van der Waals surface area contributed by atoms with Crippen LogP contribution in [0.1, 0.15) is 69.9 Å². The van der Waals surface area contributed by atoms with Crippen molar-refractivity contribution in [3.05, 3.63) is 82.9 Å². The van der Waals surface area contributed by atoms with Crippen molar-refractivity contribution in [2.45, 2.75) is 38.0 Å². The Bertz CT molecular complexity index is 999. The summed E-state index contributed by atoms with van der Waals surface area (Å²) < 4.78 is 0. The molecule has 0 saturated heterocycles. The Hall–Kier alpha value is -2.94. The van der Waals surface area contributed by atoms with Crippen molar-refractivity contribution in [3.8, 4) is 0 Å². The van der Waals surface area contributed by atoms with Crippen molar-refractivity contribution < 1.29 is 14.7 Å². The largest absolute Gasteiger partial charge is 0.478 e. The zero-order chi connectivity index (χ0) is 18.8. The van der Waals surface area contributed by atoms with Crippen LogP contribution >= 0.6 is 0 Å². The fourth-order valence-corrected chi connectivity index (χ4v) is 4.22. The molecule has 0 heterocycles. The van der Waals surface area contributed by atoms with Crippen LogP contribution in [0, 0.1) is 0 Å². The fourth-order valence-electron chi connectivity index (χ4n) is 4.22. The van der Waals surface area contributed by atoms with Gasteiger partial charge < -0.3 is 5.11 Å². The Morgan fingerprint density at radius 2 is 1.52 bits per heavy atom. The van der Waals surface area contributed by atoms with Crippen molar-refractivity contribution >= 4 is 22.5 Å². The fraction of sp³-hybridized carbons (Fsp3) is 0.250. The van der Waals surface area contributed by atoms with Crippen molar-refractivity contribution in [1.29, 1.82) is 0 Å². The Morgan fingerprint density at radius 1 is 0.778 bits per heavy atom. The summed E-state index contributed by atoms with van der Waals surface area (Å²) in [5.41, 5.74) is 2.64. The molecule has 3 nitrogen and oxygen atoms in total. The molecule has 0 unspecified atom stereocenters. The van der Waals surface area contributed by atoms with E-state index < -0.39 is 5.97 Å². The Labute approximate surface area is 158 Å². The van der Waals surface area contributed by atoms with Gasteiger partial charge >= 0.3 is 5.97 Å². The molecule has 136 valence electrons. The highest BCUT2D eigenvalue weighted by Crippen LogP contribution is 2.38. The Balaban J connectivity index is 1.89. The first-order chi connectivity index (χ1) is 13.1. The van der Waals surface area contributed by atoms with Crippen LogP contribution < -0.4 is 0 Å². The molecule has 0 amide bonds. The smallest absolute Gasteiger partial charge is 0.335 e. The summed E-state index contributed by atoms with van der Waals surface area (Å²) >= 11 is 0. The van der Waals surface area contributed by atoms with Gasteiger partial charge in [-0.05, 0) is 47.2 Å². The van der Waals surface area contributed by atoms with Crippen molar-refractivity contribution in [1.82, 2.24) is 0 Å². The maximum absolute atomic E-state index is 13.1. The van der Waals surface area contributed by atoms with Crippen LogP contribution in [0.25, 0.3) is 10.8 Å². The number of carbonyl (C=O) groups excluding carboxylic acids is 1. The molecule has 1 N–H and O–H groups in total. The lowest BCUT2D eigenvalue weighted by Gasteiger charge is -2.24. The highest BCUT2D eigenvalue weighted by molar-refractivity contribution is 6.17. The second-order valence-corrected chi connectivity index (χ2v) is 7.30. The second kappa shape index (κ2) is 7.36. The Kier molecular flexibility index (Phi) is 4.76. The maximum atomic E-state index is 13.1. The minimum absolute atomic E-state index is 0.0710. The number of hydrogen-bond donors (Lipinski definition) is 1. The lowest BCUT2D eigenvalue weighted by molar-refractivity contribution is 0.0696. The van der Waals surface area contributed by atoms with E-state index in [4.69, 9.17) is 0 Å². The van der Waals surface area contributed by atoms with Gasteiger partial charge in [-0.15, -0.1) is 0 Å². The van der Waals surface area contributed by atoms with E-state index in [1.165, 1.54) is 24.8 Å². The second-order valence-electron chi connectivity index (χ2n) is 7.30. The number of benzene rings is 3. The van der Waals surface area contributed by atoms with Crippen LogP contribution in [0.15, 0.2) is 60.7 Å². The third-order valence-electron chi connectivity index (χ3n) is 5.62. The number of carboxylic acids is 1. The van der Waals surface area contributed by atoms with Crippen LogP contribution in [0.3, 0.4) is 0 Å². The van der Waals surface area contributed by atoms with Gasteiger partial charge in [0.15, 0.2) is 5.78 Å². The van der Waals surface area contributed by atoms with E-state index >= 15 is 0 Å². The molecule has 0 aliphatic heterocycles. The van der Waals surface area contributed by atoms with E-state index in [1.807, 2.05) is 30.3 Å². The van der Waals surface area contributed by atoms with Gasteiger partial charge in [-0.1, -0.05) is 67.8 Å². The Morgan fingerprint density at radius 3 is 2.22 bits per heavy atom. The van der Waals surface area contributed by atoms with Crippen LogP contribution in [-0.2, 0) is 0 Å². The van der Waals surface area contributed by atoms with Crippen molar-refractivity contribution in [3.63, 3.8) is 0 Å². The number of carboxylic acid groups (broad SMARTS) is 1. The average molecular weight is 358 g/mol. The molecule has 3 aromatic rings. The molecule has 3 heteroatoms. The molecule has 0 aromatic heterocycles. The number of ketones is 1. The van der Waals surface area contributed by atoms with Crippen LogP contribution in [-0.4, -0.2) is 16.9 Å². The molecule has 4 rings (SSSR count). The lowest BCUT2D eigenvalue weighted by atomic mass is 9.80. The predicted molar refractivity (Wildman–Crippen MR) is 107 cm³/mol. The molecule has 1 aliphatic rings. The third kappa shape index (κ3) is 3.37. The van der Waals surface area contributed by atoms with Crippen LogP contribution in [0.4, 0.5) is 0 Å². The average Bonchev–Trinajstić information content (AvgIpc) is 2.73. The molecule has 27 heavy (non-hydrogen) atoms. The van der Waals surface area contributed by atoms with Crippen molar-refractivity contribution in [2.24, 2.45) is 0 Å². The van der Waals surface area contributed by atoms with E-state index in [-0.39, 0.29) is 11.3 Å². The number of fused-ring (bicyclic) bond motifs is 1. The first-order valence-electron chi connectivity index (χ1n) is 9.55. The van der Waals surface area contributed by atoms with E-state index in [1.54, 1.807) is 24.3 Å². The van der Waals surface area contributed by atoms with Crippen LogP contribution in [0.5, 0.6) is 0 Å². The summed E-state index contributed by atoms with van der Waals surface area (Å²) in [5, 5.41) is 11.2. The van der Waals surface area contributed by atoms with E-state index in [0.29, 0.717) is 17.0 Å². The molecular weight excluding hydrogens is 336 g/mol. The first kappa shape index (κ1) is 17.5. The van der Waals surface area contributed by atoms with Gasteiger partial charge in [0.25, 0.3) is 0 Å². The van der Waals surface area contributed by atoms with Gasteiger partial charge in [0.1, 0.15) is 0 Å². The third-order valence-corrected chi connectivity index (χ3v) is 5.62. The van der Waals surface area contributed by atoms with Gasteiger partial charge in [-0.25, -0.2) is 4.79 Å². The van der Waals surface area contributed by atoms with Gasteiger partial charge in [-0.2, -0.15) is 0 Å². The highest BCUT2D eigenvalue weighted by Gasteiger charge is 2.21. The van der Waals surface area contributed by atoms with Gasteiger partial charge in [0, 0.05) is 11.1 Å². The van der Waals surface area contributed by atoms with E-state index in [9.17, 15) is 14.7 Å². The van der Waals surface area contributed by atoms with Gasteiger partial charge in [-0.3, -0.25) is 4.79 Å². The zero-order valence-electron chi connectivity index (χ0n) is 15.2. The van der Waals surface area contributed by atoms with E-state index in [0.717, 1.165) is 23.6 Å². The molecule has 0 bridgehead atoms. The summed E-state index contributed by atoms with van der Waals surface area (Å²) in [6, 6.07) is 18.3. The predicted octanol–water partition coefficient (Wildman–Crippen LogP) is 5.82. The minimum Gasteiger partial charge on any atom is -0.478 e. The lowest BCUT2D eigenvalue weighted by Crippen LogP contribution is -2.08. The summed E-state index contributed by atoms with van der Waals surface area (Å²) in [5.74, 6) is -0.561. The van der Waals surface area contributed by atoms with Crippen LogP contribution in [0.2, 0.25) is 0 Å². The minimum atomic E-state index is -0.974. The first-order valence-corrected chi connectivity index (χ1v) is 9.55. The maximum Gasteiger partial charge on any atom is 0.335 e. The molecule has 1 fully saturated rings. The molecule has 0 atom stereocenters. The molecule has 1 aliphatic carbocycles. The summed E-state index contributed by atoms with van der Waals surface area (Å²) in [6.45, 7) is 0. The molecule has 0 spiro atoms. The normalized spacial score (nSPS) is 15.0. The SMILES string of the molecule is O=C(O)c1ccc2c(C3CCCCC3)ccc(C(=O)c3ccccc3)c2c1. The summed E-state index contributed by atoms with van der Waals surface area (Å²) in [6.07, 6.45) is 6.04. The quantitative estimate of drug-likeness (QED) is 0.598. The van der Waals surface area contributed by atoms with Gasteiger partial charge in [0.05, 0.1) is 5.56 Å². The molecule has 1 saturated carbocycles. The summed E-state index contributed by atoms with van der Waals surface area (Å²) in [4.78, 5) is 24.6. The monoisotopic (exact) mass is 358 g/mol. The van der Waals surface area contributed by atoms with E-state index in [2.05, 4.69) is 6.07 Å². The number of hydrogen-bond acceptors (Lipinski definition) is 2. The number of carbonyl (C=O) groups is 2. The standard InChI is InChI=1S/C24H22O3/c25-23(17-9-5-2-6-10-17)21-14-13-19(16-7-3-1-4-8-16)20-12-11-18(24(26)27)15-22(20)21/h2,5-6,9-16H,1,3-4,7-8H2,(H,26,27). The van der Waals surface area contributed by atoms with Gasteiger partial charge in [0.2, 0.25) is 0 Å². The highest BCUT2D eigenvalue weighted by atomic mass is 16.4.